The lowest BCUT2D eigenvalue weighted by Gasteiger charge is -2.18. The predicted octanol–water partition coefficient (Wildman–Crippen LogP) is 1.35. The van der Waals surface area contributed by atoms with E-state index in [9.17, 15) is 4.79 Å². The molecule has 0 radical (unpaired) electrons. The molecule has 4 heteroatoms. The number of hydrogen-bond acceptors (Lipinski definition) is 3. The molecule has 1 saturated carbocycles. The van der Waals surface area contributed by atoms with Gasteiger partial charge in [0.05, 0.1) is 12.5 Å². The SMILES string of the molecule is CC(CO)SC1CCCC1C(=O)O. The van der Waals surface area contributed by atoms with E-state index in [1.54, 1.807) is 11.8 Å². The summed E-state index contributed by atoms with van der Waals surface area (Å²) in [6.07, 6.45) is 2.78. The second kappa shape index (κ2) is 4.86. The number of carboxylic acid groups (broad SMARTS) is 1. The first-order valence-electron chi connectivity index (χ1n) is 4.64. The molecule has 3 unspecified atom stereocenters. The van der Waals surface area contributed by atoms with Gasteiger partial charge in [0.2, 0.25) is 0 Å². The maximum absolute atomic E-state index is 10.8. The molecule has 2 N–H and O–H groups in total. The van der Waals surface area contributed by atoms with Crippen LogP contribution in [0.1, 0.15) is 26.2 Å². The third-order valence-electron chi connectivity index (χ3n) is 2.43. The zero-order valence-electron chi connectivity index (χ0n) is 7.77. The summed E-state index contributed by atoms with van der Waals surface area (Å²) >= 11 is 1.61. The lowest BCUT2D eigenvalue weighted by molar-refractivity contribution is -0.141. The van der Waals surface area contributed by atoms with Crippen molar-refractivity contribution in [2.45, 2.75) is 36.7 Å². The molecule has 0 aromatic carbocycles. The minimum Gasteiger partial charge on any atom is -0.481 e. The van der Waals surface area contributed by atoms with Crippen molar-refractivity contribution in [1.82, 2.24) is 0 Å². The van der Waals surface area contributed by atoms with Crippen molar-refractivity contribution in [3.05, 3.63) is 0 Å². The molecular weight excluding hydrogens is 188 g/mol. The van der Waals surface area contributed by atoms with Crippen LogP contribution in [0.2, 0.25) is 0 Å². The Balaban J connectivity index is 2.44. The monoisotopic (exact) mass is 204 g/mol. The third kappa shape index (κ3) is 2.88. The van der Waals surface area contributed by atoms with Crippen LogP contribution in [0.4, 0.5) is 0 Å². The molecule has 0 saturated heterocycles. The van der Waals surface area contributed by atoms with Gasteiger partial charge in [0, 0.05) is 10.5 Å². The van der Waals surface area contributed by atoms with E-state index in [0.717, 1.165) is 19.3 Å². The van der Waals surface area contributed by atoms with E-state index in [-0.39, 0.29) is 23.0 Å². The van der Waals surface area contributed by atoms with Crippen LogP contribution in [0.5, 0.6) is 0 Å². The average Bonchev–Trinajstić information content (AvgIpc) is 2.52. The van der Waals surface area contributed by atoms with Gasteiger partial charge in [-0.15, -0.1) is 0 Å². The highest BCUT2D eigenvalue weighted by atomic mass is 32.2. The molecule has 0 spiro atoms. The van der Waals surface area contributed by atoms with Gasteiger partial charge in [0.25, 0.3) is 0 Å². The minimum absolute atomic E-state index is 0.132. The molecule has 3 nitrogen and oxygen atoms in total. The summed E-state index contributed by atoms with van der Waals surface area (Å²) in [6.45, 7) is 2.06. The Morgan fingerprint density at radius 1 is 1.62 bits per heavy atom. The summed E-state index contributed by atoms with van der Waals surface area (Å²) in [7, 11) is 0. The van der Waals surface area contributed by atoms with Crippen LogP contribution >= 0.6 is 11.8 Å². The smallest absolute Gasteiger partial charge is 0.307 e. The van der Waals surface area contributed by atoms with Crippen LogP contribution in [0.25, 0.3) is 0 Å². The number of aliphatic carboxylic acids is 1. The van der Waals surface area contributed by atoms with Gasteiger partial charge in [0.1, 0.15) is 0 Å². The van der Waals surface area contributed by atoms with E-state index >= 15 is 0 Å². The van der Waals surface area contributed by atoms with Crippen molar-refractivity contribution in [3.63, 3.8) is 0 Å². The van der Waals surface area contributed by atoms with Crippen molar-refractivity contribution in [3.8, 4) is 0 Å². The van der Waals surface area contributed by atoms with Gasteiger partial charge in [-0.25, -0.2) is 0 Å². The van der Waals surface area contributed by atoms with E-state index in [1.807, 2.05) is 6.92 Å². The highest BCUT2D eigenvalue weighted by molar-refractivity contribution is 8.00. The van der Waals surface area contributed by atoms with Crippen molar-refractivity contribution in [2.24, 2.45) is 5.92 Å². The molecule has 3 atom stereocenters. The van der Waals surface area contributed by atoms with Crippen molar-refractivity contribution in [1.29, 1.82) is 0 Å². The average molecular weight is 204 g/mol. The zero-order valence-corrected chi connectivity index (χ0v) is 8.59. The fourth-order valence-electron chi connectivity index (χ4n) is 1.71. The van der Waals surface area contributed by atoms with Crippen LogP contribution in [0.3, 0.4) is 0 Å². The lowest BCUT2D eigenvalue weighted by atomic mass is 10.1. The summed E-state index contributed by atoms with van der Waals surface area (Å²) < 4.78 is 0. The Kier molecular flexibility index (Phi) is 4.06. The number of hydrogen-bond donors (Lipinski definition) is 2. The van der Waals surface area contributed by atoms with E-state index in [1.165, 1.54) is 0 Å². The van der Waals surface area contributed by atoms with Gasteiger partial charge in [-0.2, -0.15) is 11.8 Å². The first-order valence-corrected chi connectivity index (χ1v) is 5.58. The molecule has 0 heterocycles. The Hall–Kier alpha value is -0.220. The molecule has 0 aromatic heterocycles. The highest BCUT2D eigenvalue weighted by Crippen LogP contribution is 2.37. The van der Waals surface area contributed by atoms with E-state index in [0.29, 0.717) is 0 Å². The summed E-state index contributed by atoms with van der Waals surface area (Å²) in [6, 6.07) is 0. The quantitative estimate of drug-likeness (QED) is 0.726. The van der Waals surface area contributed by atoms with Gasteiger partial charge in [-0.1, -0.05) is 13.3 Å². The Morgan fingerprint density at radius 3 is 2.85 bits per heavy atom. The predicted molar refractivity (Wildman–Crippen MR) is 52.9 cm³/mol. The molecule has 0 amide bonds. The third-order valence-corrected chi connectivity index (χ3v) is 3.96. The van der Waals surface area contributed by atoms with Crippen molar-refractivity contribution >= 4 is 17.7 Å². The topological polar surface area (TPSA) is 57.5 Å². The van der Waals surface area contributed by atoms with Gasteiger partial charge < -0.3 is 10.2 Å². The normalized spacial score (nSPS) is 30.3. The molecule has 1 fully saturated rings. The summed E-state index contributed by atoms with van der Waals surface area (Å²) in [4.78, 5) is 10.8. The van der Waals surface area contributed by atoms with Crippen LogP contribution in [-0.4, -0.2) is 33.3 Å². The molecule has 0 aromatic rings. The molecule has 1 rings (SSSR count). The minimum atomic E-state index is -0.680. The first-order chi connectivity index (χ1) is 6.15. The summed E-state index contributed by atoms with van der Waals surface area (Å²) in [5.41, 5.74) is 0. The van der Waals surface area contributed by atoms with Gasteiger partial charge in [-0.3, -0.25) is 4.79 Å². The van der Waals surface area contributed by atoms with Crippen LogP contribution in [-0.2, 0) is 4.79 Å². The summed E-state index contributed by atoms with van der Waals surface area (Å²) in [5, 5.41) is 18.1. The van der Waals surface area contributed by atoms with Crippen molar-refractivity contribution < 1.29 is 15.0 Å². The largest absolute Gasteiger partial charge is 0.481 e. The maximum atomic E-state index is 10.8. The van der Waals surface area contributed by atoms with Gasteiger partial charge in [0.15, 0.2) is 0 Å². The van der Waals surface area contributed by atoms with E-state index < -0.39 is 5.97 Å². The Labute approximate surface area is 82.5 Å². The number of aliphatic hydroxyl groups is 1. The fourth-order valence-corrected chi connectivity index (χ4v) is 3.14. The van der Waals surface area contributed by atoms with E-state index in [2.05, 4.69) is 0 Å². The highest BCUT2D eigenvalue weighted by Gasteiger charge is 2.33. The fraction of sp³-hybridized carbons (Fsp3) is 0.889. The molecule has 1 aliphatic rings. The summed E-state index contributed by atoms with van der Waals surface area (Å²) in [5.74, 6) is -0.876. The molecule has 76 valence electrons. The number of thioether (sulfide) groups is 1. The lowest BCUT2D eigenvalue weighted by Crippen LogP contribution is -2.22. The zero-order chi connectivity index (χ0) is 9.84. The molecule has 1 aliphatic carbocycles. The number of carboxylic acids is 1. The van der Waals surface area contributed by atoms with Crippen LogP contribution in [0, 0.1) is 5.92 Å². The number of carbonyl (C=O) groups is 1. The molecule has 0 aliphatic heterocycles. The first kappa shape index (κ1) is 10.9. The molecule has 0 bridgehead atoms. The Morgan fingerprint density at radius 2 is 2.31 bits per heavy atom. The molecule has 13 heavy (non-hydrogen) atoms. The van der Waals surface area contributed by atoms with Gasteiger partial charge in [-0.05, 0) is 12.8 Å². The second-order valence-electron chi connectivity index (χ2n) is 3.54. The number of rotatable bonds is 4. The standard InChI is InChI=1S/C9H16O3S/c1-6(5-10)13-8-4-2-3-7(8)9(11)12/h6-8,10H,2-5H2,1H3,(H,11,12). The van der Waals surface area contributed by atoms with Gasteiger partial charge >= 0.3 is 5.97 Å². The van der Waals surface area contributed by atoms with Crippen molar-refractivity contribution in [2.75, 3.05) is 6.61 Å². The van der Waals surface area contributed by atoms with E-state index in [4.69, 9.17) is 10.2 Å². The number of aliphatic hydroxyl groups excluding tert-OH is 1. The Bertz CT molecular complexity index is 184. The van der Waals surface area contributed by atoms with Crippen LogP contribution < -0.4 is 0 Å². The van der Waals surface area contributed by atoms with Crippen LogP contribution in [0.15, 0.2) is 0 Å². The molecular formula is C9H16O3S. The maximum Gasteiger partial charge on any atom is 0.307 e. The second-order valence-corrected chi connectivity index (χ2v) is 5.23.